The molecule has 1 heterocycles. The molecule has 3 N–H and O–H groups in total. The van der Waals surface area contributed by atoms with Crippen LogP contribution in [0.3, 0.4) is 0 Å². The number of carbonyl (C=O) groups is 1. The number of para-hydroxylation sites is 2. The molecule has 3 atom stereocenters. The molecule has 0 spiro atoms. The van der Waals surface area contributed by atoms with Crippen molar-refractivity contribution in [3.05, 3.63) is 66.2 Å². The Balaban J connectivity index is 0.00000150. The highest BCUT2D eigenvalue weighted by Gasteiger charge is 2.29. The summed E-state index contributed by atoms with van der Waals surface area (Å²) in [5.74, 6) is -0.331. The Kier molecular flexibility index (Phi) is 8.02. The van der Waals surface area contributed by atoms with Gasteiger partial charge in [0.15, 0.2) is 0 Å². The molecule has 5 nitrogen and oxygen atoms in total. The number of nitrogens with two attached hydrogens (primary N) is 1. The number of hydrogen-bond acceptors (Lipinski definition) is 3. The molecule has 156 valence electrons. The van der Waals surface area contributed by atoms with E-state index in [0.717, 1.165) is 35.9 Å². The van der Waals surface area contributed by atoms with Crippen LogP contribution in [-0.2, 0) is 11.3 Å². The standard InChI is InChI=1S/C21H23FN4O.2ClH/c22-16-8-5-14(6-9-16)19(25-21(27)15-7-10-17(23)11-15)12-26-13-24-18-3-1-2-4-20(18)26;;/h1-6,8-9,13,15,17,19H,7,10-12,23H2,(H,25,27);2*1H. The van der Waals surface area contributed by atoms with E-state index in [1.54, 1.807) is 18.5 Å². The summed E-state index contributed by atoms with van der Waals surface area (Å²) in [4.78, 5) is 17.2. The van der Waals surface area contributed by atoms with E-state index in [1.165, 1.54) is 12.1 Å². The summed E-state index contributed by atoms with van der Waals surface area (Å²) in [5.41, 5.74) is 8.73. The minimum atomic E-state index is -0.293. The van der Waals surface area contributed by atoms with E-state index in [9.17, 15) is 9.18 Å². The first-order valence-electron chi connectivity index (χ1n) is 9.31. The number of carbonyl (C=O) groups excluding carboxylic acids is 1. The van der Waals surface area contributed by atoms with Crippen molar-refractivity contribution in [2.24, 2.45) is 11.7 Å². The monoisotopic (exact) mass is 438 g/mol. The molecule has 0 aliphatic heterocycles. The zero-order chi connectivity index (χ0) is 18.8. The quantitative estimate of drug-likeness (QED) is 0.631. The summed E-state index contributed by atoms with van der Waals surface area (Å²) in [6.07, 6.45) is 4.19. The maximum atomic E-state index is 13.4. The first kappa shape index (κ1) is 23.1. The lowest BCUT2D eigenvalue weighted by Crippen LogP contribution is -2.35. The van der Waals surface area contributed by atoms with Crippen LogP contribution in [0.1, 0.15) is 30.9 Å². The van der Waals surface area contributed by atoms with Gasteiger partial charge in [0.05, 0.1) is 23.4 Å². The first-order valence-corrected chi connectivity index (χ1v) is 9.31. The molecule has 1 aliphatic carbocycles. The molecule has 2 aromatic carbocycles. The van der Waals surface area contributed by atoms with Gasteiger partial charge in [-0.1, -0.05) is 24.3 Å². The molecule has 3 unspecified atom stereocenters. The molecule has 0 saturated heterocycles. The lowest BCUT2D eigenvalue weighted by Gasteiger charge is -2.22. The van der Waals surface area contributed by atoms with Crippen molar-refractivity contribution in [3.8, 4) is 0 Å². The molecule has 1 fully saturated rings. The number of hydrogen-bond donors (Lipinski definition) is 2. The van der Waals surface area contributed by atoms with E-state index in [2.05, 4.69) is 10.3 Å². The third-order valence-corrected chi connectivity index (χ3v) is 5.34. The van der Waals surface area contributed by atoms with Crippen LogP contribution in [-0.4, -0.2) is 21.5 Å². The Hall–Kier alpha value is -2.15. The first-order chi connectivity index (χ1) is 13.1. The highest BCUT2D eigenvalue weighted by Crippen LogP contribution is 2.26. The number of aromatic nitrogens is 2. The highest BCUT2D eigenvalue weighted by atomic mass is 35.5. The zero-order valence-electron chi connectivity index (χ0n) is 15.8. The third-order valence-electron chi connectivity index (χ3n) is 5.34. The lowest BCUT2D eigenvalue weighted by atomic mass is 10.0. The molecular formula is C21H25Cl2FN4O. The number of nitrogens with zero attached hydrogens (tertiary/aromatic N) is 2. The van der Waals surface area contributed by atoms with Gasteiger partial charge in [-0.05, 0) is 49.1 Å². The second-order valence-corrected chi connectivity index (χ2v) is 7.27. The molecule has 29 heavy (non-hydrogen) atoms. The van der Waals surface area contributed by atoms with Crippen molar-refractivity contribution >= 4 is 41.8 Å². The maximum Gasteiger partial charge on any atom is 0.223 e. The molecule has 1 saturated carbocycles. The van der Waals surface area contributed by atoms with Crippen LogP contribution in [0.15, 0.2) is 54.9 Å². The number of rotatable bonds is 5. The van der Waals surface area contributed by atoms with Gasteiger partial charge >= 0.3 is 0 Å². The largest absolute Gasteiger partial charge is 0.347 e. The number of benzene rings is 2. The van der Waals surface area contributed by atoms with Crippen molar-refractivity contribution in [1.82, 2.24) is 14.9 Å². The molecule has 4 rings (SSSR count). The van der Waals surface area contributed by atoms with Gasteiger partial charge in [0.25, 0.3) is 0 Å². The van der Waals surface area contributed by atoms with Crippen LogP contribution in [0.4, 0.5) is 4.39 Å². The second-order valence-electron chi connectivity index (χ2n) is 7.27. The summed E-state index contributed by atoms with van der Waals surface area (Å²) < 4.78 is 15.4. The molecule has 3 aromatic rings. The number of fused-ring (bicyclic) bond motifs is 1. The van der Waals surface area contributed by atoms with Crippen molar-refractivity contribution < 1.29 is 9.18 Å². The van der Waals surface area contributed by atoms with E-state index < -0.39 is 0 Å². The SMILES string of the molecule is Cl.Cl.NC1CCC(C(=O)NC(Cn2cnc3ccccc32)c2ccc(F)cc2)C1. The number of halogens is 3. The molecule has 1 amide bonds. The Bertz CT molecular complexity index is 947. The van der Waals surface area contributed by atoms with E-state index in [4.69, 9.17) is 5.73 Å². The van der Waals surface area contributed by atoms with Crippen molar-refractivity contribution in [1.29, 1.82) is 0 Å². The van der Waals surface area contributed by atoms with Gasteiger partial charge < -0.3 is 15.6 Å². The van der Waals surface area contributed by atoms with Crippen LogP contribution in [0.5, 0.6) is 0 Å². The fraction of sp³-hybridized carbons (Fsp3) is 0.333. The molecular weight excluding hydrogens is 414 g/mol. The van der Waals surface area contributed by atoms with E-state index in [1.807, 2.05) is 28.8 Å². The van der Waals surface area contributed by atoms with Crippen molar-refractivity contribution in [3.63, 3.8) is 0 Å². The van der Waals surface area contributed by atoms with Crippen molar-refractivity contribution in [2.75, 3.05) is 0 Å². The van der Waals surface area contributed by atoms with Crippen LogP contribution in [0.2, 0.25) is 0 Å². The zero-order valence-corrected chi connectivity index (χ0v) is 17.5. The number of imidazole rings is 1. The average molecular weight is 439 g/mol. The predicted octanol–water partition coefficient (Wildman–Crippen LogP) is 4.00. The second kappa shape index (κ2) is 10.1. The Labute approximate surface area is 181 Å². The van der Waals surface area contributed by atoms with Gasteiger partial charge in [-0.25, -0.2) is 9.37 Å². The maximum absolute atomic E-state index is 13.4. The molecule has 1 aliphatic rings. The summed E-state index contributed by atoms with van der Waals surface area (Å²) in [6.45, 7) is 0.524. The lowest BCUT2D eigenvalue weighted by molar-refractivity contribution is -0.125. The van der Waals surface area contributed by atoms with Gasteiger partial charge in [-0.15, -0.1) is 24.8 Å². The topological polar surface area (TPSA) is 72.9 Å². The van der Waals surface area contributed by atoms with Crippen LogP contribution in [0.25, 0.3) is 11.0 Å². The summed E-state index contributed by atoms with van der Waals surface area (Å²) >= 11 is 0. The van der Waals surface area contributed by atoms with Crippen LogP contribution in [0, 0.1) is 11.7 Å². The van der Waals surface area contributed by atoms with E-state index in [-0.39, 0.29) is 54.5 Å². The Morgan fingerprint density at radius 1 is 1.17 bits per heavy atom. The number of amides is 1. The average Bonchev–Trinajstić information content (AvgIpc) is 3.28. The van der Waals surface area contributed by atoms with Gasteiger partial charge in [0.1, 0.15) is 5.82 Å². The van der Waals surface area contributed by atoms with Gasteiger partial charge in [0, 0.05) is 18.5 Å². The van der Waals surface area contributed by atoms with Crippen LogP contribution >= 0.6 is 24.8 Å². The molecule has 1 aromatic heterocycles. The third kappa shape index (κ3) is 5.26. The predicted molar refractivity (Wildman–Crippen MR) is 117 cm³/mol. The molecule has 0 bridgehead atoms. The van der Waals surface area contributed by atoms with Crippen LogP contribution < -0.4 is 11.1 Å². The molecule has 8 heteroatoms. The minimum absolute atomic E-state index is 0. The Morgan fingerprint density at radius 2 is 1.90 bits per heavy atom. The van der Waals surface area contributed by atoms with Gasteiger partial charge in [-0.3, -0.25) is 4.79 Å². The highest BCUT2D eigenvalue weighted by molar-refractivity contribution is 5.85. The summed E-state index contributed by atoms with van der Waals surface area (Å²) in [6, 6.07) is 14.0. The summed E-state index contributed by atoms with van der Waals surface area (Å²) in [5, 5.41) is 3.15. The minimum Gasteiger partial charge on any atom is -0.347 e. The van der Waals surface area contributed by atoms with Crippen molar-refractivity contribution in [2.45, 2.75) is 37.9 Å². The van der Waals surface area contributed by atoms with E-state index >= 15 is 0 Å². The van der Waals surface area contributed by atoms with Gasteiger partial charge in [-0.2, -0.15) is 0 Å². The number of nitrogens with one attached hydrogen (secondary N) is 1. The summed E-state index contributed by atoms with van der Waals surface area (Å²) in [7, 11) is 0. The molecule has 0 radical (unpaired) electrons. The fourth-order valence-corrected chi connectivity index (χ4v) is 3.83. The Morgan fingerprint density at radius 3 is 2.59 bits per heavy atom. The van der Waals surface area contributed by atoms with Gasteiger partial charge in [0.2, 0.25) is 5.91 Å². The normalized spacial score (nSPS) is 19.2. The fourth-order valence-electron chi connectivity index (χ4n) is 3.83. The smallest absolute Gasteiger partial charge is 0.223 e. The van der Waals surface area contributed by atoms with E-state index in [0.29, 0.717) is 6.54 Å².